The van der Waals surface area contributed by atoms with Crippen LogP contribution in [0.25, 0.3) is 11.0 Å². The third-order valence-electron chi connectivity index (χ3n) is 3.77. The molecule has 0 spiro atoms. The summed E-state index contributed by atoms with van der Waals surface area (Å²) in [6, 6.07) is 5.44. The lowest BCUT2D eigenvalue weighted by Crippen LogP contribution is -2.37. The number of alkyl halides is 1. The molecule has 1 amide bonds. The smallest absolute Gasteiger partial charge is 0.253 e. The molecule has 1 aliphatic rings. The molecule has 0 aliphatic heterocycles. The van der Waals surface area contributed by atoms with Crippen LogP contribution in [0.3, 0.4) is 0 Å². The number of benzene rings is 1. The number of hydrogen-bond acceptors (Lipinski definition) is 3. The minimum Gasteiger partial charge on any atom is -0.341 e. The highest BCUT2D eigenvalue weighted by molar-refractivity contribution is 6.21. The van der Waals surface area contributed by atoms with Crippen LogP contribution in [0.1, 0.15) is 23.2 Å². The van der Waals surface area contributed by atoms with Crippen molar-refractivity contribution in [1.29, 1.82) is 0 Å². The summed E-state index contributed by atoms with van der Waals surface area (Å²) < 4.78 is 0. The first kappa shape index (κ1) is 13.3. The van der Waals surface area contributed by atoms with Crippen LogP contribution in [0.5, 0.6) is 0 Å². The SMILES string of the molecule is CN(CC1CC(Cl)C1)C(=O)c1ccc2nccnc2c1. The summed E-state index contributed by atoms with van der Waals surface area (Å²) in [6.45, 7) is 0.764. The van der Waals surface area contributed by atoms with Gasteiger partial charge in [0.2, 0.25) is 0 Å². The van der Waals surface area contributed by atoms with Crippen molar-refractivity contribution in [1.82, 2.24) is 14.9 Å². The molecule has 3 rings (SSSR count). The number of rotatable bonds is 3. The zero-order valence-electron chi connectivity index (χ0n) is 11.3. The van der Waals surface area contributed by atoms with Gasteiger partial charge in [-0.1, -0.05) is 0 Å². The van der Waals surface area contributed by atoms with E-state index in [2.05, 4.69) is 9.97 Å². The Bertz CT molecular complexity index is 640. The van der Waals surface area contributed by atoms with Crippen molar-refractivity contribution in [3.8, 4) is 0 Å². The molecule has 0 unspecified atom stereocenters. The maximum Gasteiger partial charge on any atom is 0.253 e. The Morgan fingerprint density at radius 1 is 1.30 bits per heavy atom. The van der Waals surface area contributed by atoms with Gasteiger partial charge in [0.25, 0.3) is 5.91 Å². The van der Waals surface area contributed by atoms with Crippen molar-refractivity contribution in [3.63, 3.8) is 0 Å². The van der Waals surface area contributed by atoms with Gasteiger partial charge in [-0.3, -0.25) is 14.8 Å². The van der Waals surface area contributed by atoms with E-state index >= 15 is 0 Å². The maximum absolute atomic E-state index is 12.4. The minimum atomic E-state index is 0.0237. The average molecular weight is 290 g/mol. The van der Waals surface area contributed by atoms with Crippen LogP contribution >= 0.6 is 11.6 Å². The number of carbonyl (C=O) groups is 1. The second kappa shape index (κ2) is 5.37. The highest BCUT2D eigenvalue weighted by Gasteiger charge is 2.29. The molecular weight excluding hydrogens is 274 g/mol. The van der Waals surface area contributed by atoms with Crippen LogP contribution in [0.2, 0.25) is 0 Å². The predicted octanol–water partition coefficient (Wildman–Crippen LogP) is 2.72. The zero-order valence-corrected chi connectivity index (χ0v) is 12.0. The van der Waals surface area contributed by atoms with E-state index in [4.69, 9.17) is 11.6 Å². The maximum atomic E-state index is 12.4. The van der Waals surface area contributed by atoms with Crippen LogP contribution in [0.4, 0.5) is 0 Å². The summed E-state index contributed by atoms with van der Waals surface area (Å²) >= 11 is 5.97. The third kappa shape index (κ3) is 2.61. The van der Waals surface area contributed by atoms with E-state index < -0.39 is 0 Å². The summed E-state index contributed by atoms with van der Waals surface area (Å²) in [4.78, 5) is 22.6. The van der Waals surface area contributed by atoms with Gasteiger partial charge < -0.3 is 4.90 Å². The zero-order chi connectivity index (χ0) is 14.1. The Kier molecular flexibility index (Phi) is 3.57. The van der Waals surface area contributed by atoms with Crippen molar-refractivity contribution in [2.45, 2.75) is 18.2 Å². The molecular formula is C15H16ClN3O. The summed E-state index contributed by atoms with van der Waals surface area (Å²) in [7, 11) is 1.84. The van der Waals surface area contributed by atoms with Crippen LogP contribution in [0, 0.1) is 5.92 Å². The van der Waals surface area contributed by atoms with E-state index in [1.807, 2.05) is 13.1 Å². The van der Waals surface area contributed by atoms with Gasteiger partial charge in [0, 0.05) is 36.9 Å². The van der Waals surface area contributed by atoms with Gasteiger partial charge >= 0.3 is 0 Å². The molecule has 1 heterocycles. The van der Waals surface area contributed by atoms with E-state index in [0.29, 0.717) is 16.9 Å². The molecule has 0 radical (unpaired) electrons. The largest absolute Gasteiger partial charge is 0.341 e. The number of carbonyl (C=O) groups excluding carboxylic acids is 1. The molecule has 2 aromatic rings. The average Bonchev–Trinajstić information content (AvgIpc) is 2.44. The van der Waals surface area contributed by atoms with Gasteiger partial charge in [-0.05, 0) is 37.0 Å². The third-order valence-corrected chi connectivity index (χ3v) is 4.13. The molecule has 4 nitrogen and oxygen atoms in total. The monoisotopic (exact) mass is 289 g/mol. The summed E-state index contributed by atoms with van der Waals surface area (Å²) in [5.41, 5.74) is 2.20. The molecule has 0 N–H and O–H groups in total. The first-order valence-electron chi connectivity index (χ1n) is 6.74. The Morgan fingerprint density at radius 2 is 2.00 bits per heavy atom. The van der Waals surface area contributed by atoms with Crippen LogP contribution in [-0.4, -0.2) is 39.7 Å². The molecule has 20 heavy (non-hydrogen) atoms. The number of aromatic nitrogens is 2. The predicted molar refractivity (Wildman–Crippen MR) is 78.9 cm³/mol. The van der Waals surface area contributed by atoms with Crippen LogP contribution in [0.15, 0.2) is 30.6 Å². The highest BCUT2D eigenvalue weighted by atomic mass is 35.5. The molecule has 104 valence electrons. The number of nitrogens with zero attached hydrogens (tertiary/aromatic N) is 3. The van der Waals surface area contributed by atoms with E-state index in [-0.39, 0.29) is 5.91 Å². The first-order chi connectivity index (χ1) is 9.63. The van der Waals surface area contributed by atoms with Gasteiger partial charge in [-0.25, -0.2) is 0 Å². The number of fused-ring (bicyclic) bond motifs is 1. The fraction of sp³-hybridized carbons (Fsp3) is 0.400. The Hall–Kier alpha value is -1.68. The fourth-order valence-electron chi connectivity index (χ4n) is 2.59. The number of amides is 1. The molecule has 1 fully saturated rings. The van der Waals surface area contributed by atoms with Gasteiger partial charge in [-0.15, -0.1) is 11.6 Å². The Labute approximate surface area is 122 Å². The number of halogens is 1. The molecule has 0 saturated heterocycles. The minimum absolute atomic E-state index is 0.0237. The summed E-state index contributed by atoms with van der Waals surface area (Å²) in [5, 5.41) is 0.291. The van der Waals surface area contributed by atoms with Gasteiger partial charge in [0.1, 0.15) is 0 Å². The molecule has 1 aromatic carbocycles. The molecule has 0 atom stereocenters. The topological polar surface area (TPSA) is 46.1 Å². The van der Waals surface area contributed by atoms with Gasteiger partial charge in [0.05, 0.1) is 11.0 Å². The standard InChI is InChI=1S/C15H16ClN3O/c1-19(9-10-6-12(16)7-10)15(20)11-2-3-13-14(8-11)18-5-4-17-13/h2-5,8,10,12H,6-7,9H2,1H3. The lowest BCUT2D eigenvalue weighted by molar-refractivity contribution is 0.0747. The lowest BCUT2D eigenvalue weighted by Gasteiger charge is -2.34. The first-order valence-corrected chi connectivity index (χ1v) is 7.17. The molecule has 5 heteroatoms. The van der Waals surface area contributed by atoms with Crippen LogP contribution in [-0.2, 0) is 0 Å². The van der Waals surface area contributed by atoms with Crippen molar-refractivity contribution < 1.29 is 4.79 Å². The Balaban J connectivity index is 1.74. The molecule has 0 bridgehead atoms. The second-order valence-electron chi connectivity index (χ2n) is 5.38. The summed E-state index contributed by atoms with van der Waals surface area (Å²) in [6.07, 6.45) is 5.29. The Morgan fingerprint density at radius 3 is 2.70 bits per heavy atom. The quantitative estimate of drug-likeness (QED) is 0.816. The fourth-order valence-corrected chi connectivity index (χ4v) is 3.09. The van der Waals surface area contributed by atoms with Gasteiger partial charge in [-0.2, -0.15) is 0 Å². The molecule has 1 aromatic heterocycles. The van der Waals surface area contributed by atoms with E-state index in [1.54, 1.807) is 29.4 Å². The van der Waals surface area contributed by atoms with Crippen molar-refractivity contribution in [2.75, 3.05) is 13.6 Å². The van der Waals surface area contributed by atoms with Crippen LogP contribution < -0.4 is 0 Å². The van der Waals surface area contributed by atoms with Gasteiger partial charge in [0.15, 0.2) is 0 Å². The van der Waals surface area contributed by atoms with Crippen molar-refractivity contribution in [2.24, 2.45) is 5.92 Å². The normalized spacial score (nSPS) is 21.5. The lowest BCUT2D eigenvalue weighted by atomic mass is 9.84. The second-order valence-corrected chi connectivity index (χ2v) is 6.00. The van der Waals surface area contributed by atoms with E-state index in [0.717, 1.165) is 30.4 Å². The van der Waals surface area contributed by atoms with E-state index in [1.165, 1.54) is 0 Å². The van der Waals surface area contributed by atoms with Crippen molar-refractivity contribution >= 4 is 28.5 Å². The summed E-state index contributed by atoms with van der Waals surface area (Å²) in [5.74, 6) is 0.558. The molecule has 1 saturated carbocycles. The van der Waals surface area contributed by atoms with Crippen molar-refractivity contribution in [3.05, 3.63) is 36.2 Å². The van der Waals surface area contributed by atoms with E-state index in [9.17, 15) is 4.79 Å². The molecule has 1 aliphatic carbocycles. The number of hydrogen-bond donors (Lipinski definition) is 0. The highest BCUT2D eigenvalue weighted by Crippen LogP contribution is 2.32.